The summed E-state index contributed by atoms with van der Waals surface area (Å²) >= 11 is 1.47. The van der Waals surface area contributed by atoms with E-state index in [-0.39, 0.29) is 24.9 Å². The summed E-state index contributed by atoms with van der Waals surface area (Å²) in [5, 5.41) is 9.26. The Bertz CT molecular complexity index is 795. The molecule has 140 valence electrons. The van der Waals surface area contributed by atoms with Gasteiger partial charge >= 0.3 is 5.76 Å². The van der Waals surface area contributed by atoms with E-state index in [4.69, 9.17) is 4.42 Å². The highest BCUT2D eigenvalue weighted by atomic mass is 32.1. The zero-order chi connectivity index (χ0) is 17.9. The molecule has 2 aliphatic rings. The summed E-state index contributed by atoms with van der Waals surface area (Å²) in [5.41, 5.74) is 0. The van der Waals surface area contributed by atoms with Gasteiger partial charge in [0.2, 0.25) is 5.91 Å². The molecular weight excluding hydrogens is 350 g/mol. The van der Waals surface area contributed by atoms with Crippen LogP contribution in [-0.2, 0) is 11.3 Å². The maximum atomic E-state index is 12.3. The Morgan fingerprint density at radius 3 is 2.92 bits per heavy atom. The van der Waals surface area contributed by atoms with Crippen LogP contribution in [0.2, 0.25) is 0 Å². The smallest absolute Gasteiger partial charge is 0.387 e. The first-order chi connectivity index (χ1) is 12.7. The third-order valence-corrected chi connectivity index (χ3v) is 6.65. The van der Waals surface area contributed by atoms with Crippen LogP contribution >= 0.6 is 11.3 Å². The molecular formula is C19H25N3O3S. The molecule has 2 fully saturated rings. The topological polar surface area (TPSA) is 77.1 Å². The van der Waals surface area contributed by atoms with Crippen LogP contribution in [0.4, 0.5) is 0 Å². The molecule has 3 atom stereocenters. The molecule has 0 unspecified atom stereocenters. The molecule has 2 heterocycles. The van der Waals surface area contributed by atoms with E-state index in [9.17, 15) is 9.59 Å². The highest BCUT2D eigenvalue weighted by Crippen LogP contribution is 2.40. The summed E-state index contributed by atoms with van der Waals surface area (Å²) in [6.07, 6.45) is 9.08. The first-order valence-corrected chi connectivity index (χ1v) is 10.5. The van der Waals surface area contributed by atoms with E-state index in [1.54, 1.807) is 0 Å². The quantitative estimate of drug-likeness (QED) is 0.868. The number of amides is 1. The lowest BCUT2D eigenvalue weighted by molar-refractivity contribution is -0.122. The highest BCUT2D eigenvalue weighted by Gasteiger charge is 2.32. The van der Waals surface area contributed by atoms with Crippen LogP contribution in [0.1, 0.15) is 51.4 Å². The molecule has 2 aliphatic carbocycles. The van der Waals surface area contributed by atoms with Crippen molar-refractivity contribution in [2.24, 2.45) is 11.8 Å². The molecule has 0 spiro atoms. The van der Waals surface area contributed by atoms with Gasteiger partial charge in [-0.15, -0.1) is 16.4 Å². The van der Waals surface area contributed by atoms with E-state index >= 15 is 0 Å². The Labute approximate surface area is 156 Å². The predicted molar refractivity (Wildman–Crippen MR) is 99.9 cm³/mol. The standard InChI is InChI=1S/C19H25N3O3S/c23-17(20-15-8-7-13-4-1-2-5-14(13)12-15)9-10-22-19(24)25-18(21-22)16-6-3-11-26-16/h3,6,11,13-15H,1-2,4-5,7-10,12H2,(H,20,23)/t13-,14-,15+/m0/s1. The van der Waals surface area contributed by atoms with Gasteiger partial charge in [0, 0.05) is 12.5 Å². The van der Waals surface area contributed by atoms with E-state index in [2.05, 4.69) is 10.4 Å². The van der Waals surface area contributed by atoms with E-state index < -0.39 is 5.76 Å². The first-order valence-electron chi connectivity index (χ1n) is 9.60. The zero-order valence-corrected chi connectivity index (χ0v) is 15.7. The van der Waals surface area contributed by atoms with E-state index in [0.717, 1.165) is 29.6 Å². The second-order valence-electron chi connectivity index (χ2n) is 7.51. The van der Waals surface area contributed by atoms with Gasteiger partial charge in [-0.3, -0.25) is 4.79 Å². The summed E-state index contributed by atoms with van der Waals surface area (Å²) in [7, 11) is 0. The number of thiophene rings is 1. The van der Waals surface area contributed by atoms with Crippen molar-refractivity contribution >= 4 is 17.2 Å². The SMILES string of the molecule is O=C(CCn1nc(-c2cccs2)oc1=O)N[C@@H]1CC[C@@H]2CCCC[C@H]2C1. The summed E-state index contributed by atoms with van der Waals surface area (Å²) in [4.78, 5) is 25.0. The molecule has 26 heavy (non-hydrogen) atoms. The number of carbonyl (C=O) groups excluding carboxylic acids is 1. The third-order valence-electron chi connectivity index (χ3n) is 5.79. The third kappa shape index (κ3) is 3.92. The lowest BCUT2D eigenvalue weighted by atomic mass is 9.69. The van der Waals surface area contributed by atoms with Crippen molar-refractivity contribution in [1.29, 1.82) is 0 Å². The van der Waals surface area contributed by atoms with Crippen molar-refractivity contribution in [3.63, 3.8) is 0 Å². The first kappa shape index (κ1) is 17.5. The number of nitrogens with one attached hydrogen (secondary N) is 1. The van der Waals surface area contributed by atoms with E-state index in [1.165, 1.54) is 48.1 Å². The fourth-order valence-corrected chi connectivity index (χ4v) is 5.10. The van der Waals surface area contributed by atoms with Crippen LogP contribution < -0.4 is 11.1 Å². The van der Waals surface area contributed by atoms with Crippen LogP contribution in [0, 0.1) is 11.8 Å². The monoisotopic (exact) mass is 375 g/mol. The van der Waals surface area contributed by atoms with Gasteiger partial charge in [-0.1, -0.05) is 31.7 Å². The van der Waals surface area contributed by atoms with Crippen molar-refractivity contribution in [2.75, 3.05) is 0 Å². The van der Waals surface area contributed by atoms with Crippen molar-refractivity contribution in [3.8, 4) is 10.8 Å². The second-order valence-corrected chi connectivity index (χ2v) is 8.45. The number of hydrogen-bond acceptors (Lipinski definition) is 5. The molecule has 0 aromatic carbocycles. The average Bonchev–Trinajstić information content (AvgIpc) is 3.29. The molecule has 2 aromatic rings. The van der Waals surface area contributed by atoms with Crippen molar-refractivity contribution in [2.45, 2.75) is 64.0 Å². The zero-order valence-electron chi connectivity index (χ0n) is 14.9. The minimum Gasteiger partial charge on any atom is -0.387 e. The Hall–Kier alpha value is -1.89. The van der Waals surface area contributed by atoms with Crippen molar-refractivity contribution in [3.05, 3.63) is 28.1 Å². The van der Waals surface area contributed by atoms with E-state index in [1.807, 2.05) is 17.5 Å². The Balaban J connectivity index is 1.28. The van der Waals surface area contributed by atoms with Gasteiger partial charge in [-0.05, 0) is 42.5 Å². The maximum Gasteiger partial charge on any atom is 0.437 e. The molecule has 6 nitrogen and oxygen atoms in total. The van der Waals surface area contributed by atoms with Gasteiger partial charge in [0.15, 0.2) is 0 Å². The minimum atomic E-state index is -0.510. The van der Waals surface area contributed by atoms with Gasteiger partial charge in [0.1, 0.15) is 0 Å². The lowest BCUT2D eigenvalue weighted by Gasteiger charge is -2.39. The molecule has 1 amide bonds. The molecule has 0 radical (unpaired) electrons. The number of carbonyl (C=O) groups is 1. The molecule has 0 aliphatic heterocycles. The van der Waals surface area contributed by atoms with Crippen LogP contribution in [0.5, 0.6) is 0 Å². The molecule has 0 saturated heterocycles. The summed E-state index contributed by atoms with van der Waals surface area (Å²) in [6.45, 7) is 0.248. The van der Waals surface area contributed by atoms with Gasteiger partial charge in [0.25, 0.3) is 5.89 Å². The maximum absolute atomic E-state index is 12.3. The molecule has 2 aromatic heterocycles. The van der Waals surface area contributed by atoms with E-state index in [0.29, 0.717) is 5.89 Å². The van der Waals surface area contributed by atoms with Crippen molar-refractivity contribution in [1.82, 2.24) is 15.1 Å². The molecule has 4 rings (SSSR count). The van der Waals surface area contributed by atoms with Crippen LogP contribution in [0.3, 0.4) is 0 Å². The number of hydrogen-bond donors (Lipinski definition) is 1. The van der Waals surface area contributed by atoms with Crippen LogP contribution in [0.15, 0.2) is 26.7 Å². The largest absolute Gasteiger partial charge is 0.437 e. The average molecular weight is 375 g/mol. The molecule has 1 N–H and O–H groups in total. The van der Waals surface area contributed by atoms with Crippen LogP contribution in [-0.4, -0.2) is 21.7 Å². The minimum absolute atomic E-state index is 0.00293. The number of fused-ring (bicyclic) bond motifs is 1. The Morgan fingerprint density at radius 2 is 2.12 bits per heavy atom. The van der Waals surface area contributed by atoms with Gasteiger partial charge in [-0.25, -0.2) is 4.79 Å². The fraction of sp³-hybridized carbons (Fsp3) is 0.632. The number of aryl methyl sites for hydroxylation is 1. The Kier molecular flexibility index (Phi) is 5.24. The predicted octanol–water partition coefficient (Wildman–Crippen LogP) is 3.43. The number of rotatable bonds is 5. The summed E-state index contributed by atoms with van der Waals surface area (Å²) < 4.78 is 6.42. The lowest BCUT2D eigenvalue weighted by Crippen LogP contribution is -2.42. The highest BCUT2D eigenvalue weighted by molar-refractivity contribution is 7.13. The fourth-order valence-electron chi connectivity index (χ4n) is 4.46. The Morgan fingerprint density at radius 1 is 1.27 bits per heavy atom. The van der Waals surface area contributed by atoms with Gasteiger partial charge < -0.3 is 9.73 Å². The second kappa shape index (κ2) is 7.78. The summed E-state index contributed by atoms with van der Waals surface area (Å²) in [6, 6.07) is 4.03. The van der Waals surface area contributed by atoms with Crippen LogP contribution in [0.25, 0.3) is 10.8 Å². The van der Waals surface area contributed by atoms with Gasteiger partial charge in [-0.2, -0.15) is 4.68 Å². The van der Waals surface area contributed by atoms with Gasteiger partial charge in [0.05, 0.1) is 11.4 Å². The summed E-state index contributed by atoms with van der Waals surface area (Å²) in [5.74, 6) is 1.47. The van der Waals surface area contributed by atoms with Crippen molar-refractivity contribution < 1.29 is 9.21 Å². The molecule has 2 saturated carbocycles. The number of aromatic nitrogens is 2. The normalized spacial score (nSPS) is 25.6. The molecule has 0 bridgehead atoms. The number of nitrogens with zero attached hydrogens (tertiary/aromatic N) is 2. The molecule has 7 heteroatoms.